The Morgan fingerprint density at radius 1 is 1.17 bits per heavy atom. The first kappa shape index (κ1) is 19.8. The molecule has 0 spiro atoms. The maximum absolute atomic E-state index is 12.3. The summed E-state index contributed by atoms with van der Waals surface area (Å²) in [6, 6.07) is 16.0. The topological polar surface area (TPSA) is 93.3 Å². The van der Waals surface area contributed by atoms with E-state index in [1.165, 1.54) is 18.2 Å². The molecule has 3 rings (SSSR count). The van der Waals surface area contributed by atoms with Gasteiger partial charge in [-0.3, -0.25) is 14.9 Å². The number of anilines is 2. The molecule has 1 heterocycles. The van der Waals surface area contributed by atoms with E-state index < -0.39 is 10.8 Å². The average molecular weight is 391 g/mol. The van der Waals surface area contributed by atoms with Crippen molar-refractivity contribution in [2.75, 3.05) is 24.3 Å². The van der Waals surface area contributed by atoms with Crippen molar-refractivity contribution in [1.29, 1.82) is 0 Å². The molecule has 8 nitrogen and oxygen atoms in total. The molecule has 1 amide bonds. The van der Waals surface area contributed by atoms with Gasteiger partial charge in [-0.25, -0.2) is 4.68 Å². The molecule has 1 N–H and O–H groups in total. The highest BCUT2D eigenvalue weighted by molar-refractivity contribution is 6.01. The van der Waals surface area contributed by atoms with E-state index in [1.54, 1.807) is 35.1 Å². The van der Waals surface area contributed by atoms with Gasteiger partial charge in [-0.2, -0.15) is 5.10 Å². The van der Waals surface area contributed by atoms with E-state index >= 15 is 0 Å². The predicted molar refractivity (Wildman–Crippen MR) is 113 cm³/mol. The summed E-state index contributed by atoms with van der Waals surface area (Å²) >= 11 is 0. The van der Waals surface area contributed by atoms with Gasteiger partial charge in [0.15, 0.2) is 0 Å². The Labute approximate surface area is 168 Å². The molecule has 0 atom stereocenters. The normalized spacial score (nSPS) is 10.8. The molecule has 29 heavy (non-hydrogen) atoms. The molecule has 3 aromatic rings. The molecule has 0 fully saturated rings. The summed E-state index contributed by atoms with van der Waals surface area (Å²) in [7, 11) is 3.96. The lowest BCUT2D eigenvalue weighted by Crippen LogP contribution is -2.14. The molecule has 0 aliphatic rings. The van der Waals surface area contributed by atoms with Crippen LogP contribution in [0.5, 0.6) is 0 Å². The van der Waals surface area contributed by atoms with Gasteiger partial charge in [0.1, 0.15) is 5.82 Å². The van der Waals surface area contributed by atoms with Crippen LogP contribution in [0, 0.1) is 10.1 Å². The number of rotatable bonds is 7. The van der Waals surface area contributed by atoms with Crippen molar-refractivity contribution in [2.24, 2.45) is 0 Å². The van der Waals surface area contributed by atoms with E-state index in [0.717, 1.165) is 11.3 Å². The van der Waals surface area contributed by atoms with Crippen LogP contribution >= 0.6 is 0 Å². The van der Waals surface area contributed by atoms with Gasteiger partial charge in [-0.15, -0.1) is 0 Å². The van der Waals surface area contributed by atoms with Crippen molar-refractivity contribution < 1.29 is 9.72 Å². The first-order chi connectivity index (χ1) is 13.9. The summed E-state index contributed by atoms with van der Waals surface area (Å²) in [4.78, 5) is 24.9. The Kier molecular flexibility index (Phi) is 6.03. The second kappa shape index (κ2) is 8.83. The third kappa shape index (κ3) is 5.07. The fourth-order valence-electron chi connectivity index (χ4n) is 2.77. The van der Waals surface area contributed by atoms with E-state index in [0.29, 0.717) is 17.9 Å². The molecule has 0 aliphatic carbocycles. The first-order valence-corrected chi connectivity index (χ1v) is 8.94. The number of nitrogens with zero attached hydrogens (tertiary/aromatic N) is 4. The van der Waals surface area contributed by atoms with Crippen LogP contribution in [0.4, 0.5) is 17.2 Å². The Morgan fingerprint density at radius 2 is 1.90 bits per heavy atom. The Balaban J connectivity index is 1.68. The number of nitrogens with one attached hydrogen (secondary N) is 1. The van der Waals surface area contributed by atoms with Gasteiger partial charge in [0.25, 0.3) is 5.69 Å². The zero-order valence-corrected chi connectivity index (χ0v) is 16.1. The van der Waals surface area contributed by atoms with Crippen molar-refractivity contribution in [2.45, 2.75) is 6.54 Å². The van der Waals surface area contributed by atoms with Crippen molar-refractivity contribution in [3.05, 3.63) is 88.1 Å². The third-order valence-corrected chi connectivity index (χ3v) is 4.30. The van der Waals surface area contributed by atoms with Crippen molar-refractivity contribution >= 4 is 29.2 Å². The van der Waals surface area contributed by atoms with Crippen molar-refractivity contribution in [3.8, 4) is 0 Å². The predicted octanol–water partition coefficient (Wildman–Crippen LogP) is 3.56. The lowest BCUT2D eigenvalue weighted by atomic mass is 10.1. The highest BCUT2D eigenvalue weighted by atomic mass is 16.6. The largest absolute Gasteiger partial charge is 0.378 e. The second-order valence-corrected chi connectivity index (χ2v) is 6.57. The molecule has 0 bridgehead atoms. The van der Waals surface area contributed by atoms with E-state index in [1.807, 2.05) is 43.3 Å². The zero-order valence-electron chi connectivity index (χ0n) is 16.1. The van der Waals surface area contributed by atoms with E-state index in [-0.39, 0.29) is 5.69 Å². The minimum atomic E-state index is -0.478. The average Bonchev–Trinajstić information content (AvgIpc) is 3.13. The van der Waals surface area contributed by atoms with Crippen LogP contribution in [0.2, 0.25) is 0 Å². The maximum atomic E-state index is 12.3. The first-order valence-electron chi connectivity index (χ1n) is 8.94. The van der Waals surface area contributed by atoms with E-state index in [4.69, 9.17) is 0 Å². The van der Waals surface area contributed by atoms with Crippen LogP contribution in [-0.4, -0.2) is 34.7 Å². The van der Waals surface area contributed by atoms with Gasteiger partial charge in [0.2, 0.25) is 5.91 Å². The summed E-state index contributed by atoms with van der Waals surface area (Å²) < 4.78 is 1.68. The summed E-state index contributed by atoms with van der Waals surface area (Å²) in [6.45, 7) is 0.504. The van der Waals surface area contributed by atoms with Crippen LogP contribution in [0.1, 0.15) is 11.1 Å². The van der Waals surface area contributed by atoms with Crippen molar-refractivity contribution in [3.63, 3.8) is 0 Å². The van der Waals surface area contributed by atoms with Gasteiger partial charge < -0.3 is 10.2 Å². The monoisotopic (exact) mass is 391 g/mol. The lowest BCUT2D eigenvalue weighted by molar-refractivity contribution is -0.385. The highest BCUT2D eigenvalue weighted by Gasteiger charge is 2.10. The number of carbonyl (C=O) groups excluding carboxylic acids is 1. The van der Waals surface area contributed by atoms with Crippen LogP contribution < -0.4 is 10.2 Å². The van der Waals surface area contributed by atoms with Gasteiger partial charge in [0, 0.05) is 38.0 Å². The van der Waals surface area contributed by atoms with Gasteiger partial charge >= 0.3 is 0 Å². The third-order valence-electron chi connectivity index (χ3n) is 4.30. The van der Waals surface area contributed by atoms with Gasteiger partial charge in [-0.1, -0.05) is 24.3 Å². The lowest BCUT2D eigenvalue weighted by Gasteiger charge is -2.13. The minimum Gasteiger partial charge on any atom is -0.378 e. The fourth-order valence-corrected chi connectivity index (χ4v) is 2.77. The Bertz CT molecular complexity index is 1040. The number of hydrogen-bond acceptors (Lipinski definition) is 5. The molecule has 2 aromatic carbocycles. The molecule has 1 aromatic heterocycles. The Hall–Kier alpha value is -3.94. The Morgan fingerprint density at radius 3 is 2.59 bits per heavy atom. The summed E-state index contributed by atoms with van der Waals surface area (Å²) in [5, 5.41) is 18.1. The van der Waals surface area contributed by atoms with Crippen LogP contribution in [0.25, 0.3) is 6.08 Å². The second-order valence-electron chi connectivity index (χ2n) is 6.57. The summed E-state index contributed by atoms with van der Waals surface area (Å²) in [5.74, 6) is 0.145. The summed E-state index contributed by atoms with van der Waals surface area (Å²) in [6.07, 6.45) is 4.30. The van der Waals surface area contributed by atoms with Crippen LogP contribution in [-0.2, 0) is 11.3 Å². The standard InChI is InChI=1S/C21H21N5O3/c1-24(2)18-10-7-16(8-11-18)15-25-20(13-14-22-25)23-21(27)12-9-17-5-3-4-6-19(17)26(28)29/h3-14H,15H2,1-2H3,(H,23,27)/b12-9+. The summed E-state index contributed by atoms with van der Waals surface area (Å²) in [5.41, 5.74) is 2.46. The zero-order chi connectivity index (χ0) is 20.8. The van der Waals surface area contributed by atoms with Gasteiger partial charge in [0.05, 0.1) is 23.2 Å². The number of amides is 1. The van der Waals surface area contributed by atoms with Crippen molar-refractivity contribution in [1.82, 2.24) is 9.78 Å². The molecule has 0 saturated carbocycles. The number of benzene rings is 2. The molecule has 148 valence electrons. The number of para-hydroxylation sites is 1. The molecule has 8 heteroatoms. The minimum absolute atomic E-state index is 0.0530. The van der Waals surface area contributed by atoms with Crippen LogP contribution in [0.3, 0.4) is 0 Å². The molecule has 0 radical (unpaired) electrons. The van der Waals surface area contributed by atoms with Gasteiger partial charge in [-0.05, 0) is 29.8 Å². The number of nitro benzene ring substituents is 1. The number of hydrogen-bond donors (Lipinski definition) is 1. The van der Waals surface area contributed by atoms with Crippen LogP contribution in [0.15, 0.2) is 66.9 Å². The number of aromatic nitrogens is 2. The fraction of sp³-hybridized carbons (Fsp3) is 0.143. The van der Waals surface area contributed by atoms with E-state index in [2.05, 4.69) is 10.4 Å². The highest BCUT2D eigenvalue weighted by Crippen LogP contribution is 2.19. The number of carbonyl (C=O) groups is 1. The van der Waals surface area contributed by atoms with E-state index in [9.17, 15) is 14.9 Å². The number of nitro groups is 1. The molecular weight excluding hydrogens is 370 g/mol. The maximum Gasteiger partial charge on any atom is 0.276 e. The quantitative estimate of drug-likeness (QED) is 0.378. The smallest absolute Gasteiger partial charge is 0.276 e. The molecule has 0 saturated heterocycles. The SMILES string of the molecule is CN(C)c1ccc(Cn2nccc2NC(=O)/C=C/c2ccccc2[N+](=O)[O-])cc1. The molecule has 0 unspecified atom stereocenters. The molecule has 0 aliphatic heterocycles. The molecular formula is C21H21N5O3.